The minimum absolute atomic E-state index is 0.471. The third-order valence-electron chi connectivity index (χ3n) is 3.82. The van der Waals surface area contributed by atoms with Crippen LogP contribution in [0.3, 0.4) is 0 Å². The zero-order chi connectivity index (χ0) is 16.6. The van der Waals surface area contributed by atoms with Crippen LogP contribution in [-0.4, -0.2) is 22.9 Å². The van der Waals surface area contributed by atoms with Gasteiger partial charge in [-0.15, -0.1) is 11.3 Å². The molecule has 6 nitrogen and oxygen atoms in total. The van der Waals surface area contributed by atoms with E-state index in [0.717, 1.165) is 10.6 Å². The van der Waals surface area contributed by atoms with Gasteiger partial charge in [0, 0.05) is 0 Å². The van der Waals surface area contributed by atoms with E-state index in [1.807, 2.05) is 6.07 Å². The first-order valence-electron chi connectivity index (χ1n) is 7.01. The van der Waals surface area contributed by atoms with E-state index in [-0.39, 0.29) is 0 Å². The summed E-state index contributed by atoms with van der Waals surface area (Å²) in [6, 6.07) is 10.1. The molecule has 1 fully saturated rings. The molecule has 1 aliphatic heterocycles. The molecule has 0 bridgehead atoms. The van der Waals surface area contributed by atoms with Crippen molar-refractivity contribution in [2.45, 2.75) is 19.4 Å². The number of hydrogen-bond donors (Lipinski definition) is 2. The molecular weight excluding hydrogens is 314 g/mol. The Labute approximate surface area is 137 Å². The second-order valence-electron chi connectivity index (χ2n) is 5.44. The van der Waals surface area contributed by atoms with Crippen molar-refractivity contribution < 1.29 is 14.4 Å². The maximum absolute atomic E-state index is 12.7. The lowest BCUT2D eigenvalue weighted by Crippen LogP contribution is -2.47. The van der Waals surface area contributed by atoms with Crippen LogP contribution in [0.1, 0.15) is 27.7 Å². The van der Waals surface area contributed by atoms with Gasteiger partial charge < -0.3 is 5.32 Å². The molecule has 2 aromatic rings. The number of benzene rings is 1. The monoisotopic (exact) mass is 329 g/mol. The fourth-order valence-corrected chi connectivity index (χ4v) is 3.28. The van der Waals surface area contributed by atoms with E-state index in [4.69, 9.17) is 0 Å². The fourth-order valence-electron chi connectivity index (χ4n) is 2.47. The number of nitrogens with one attached hydrogen (secondary N) is 2. The van der Waals surface area contributed by atoms with Crippen LogP contribution in [0.5, 0.6) is 0 Å². The summed E-state index contributed by atoms with van der Waals surface area (Å²) in [6.07, 6.45) is 0. The SMILES string of the molecule is Cc1ccsc1C(=O)NN1C(=O)NC(C)(c2ccccc2)C1=O. The molecule has 1 saturated heterocycles. The number of nitrogens with zero attached hydrogens (tertiary/aromatic N) is 1. The number of thiophene rings is 1. The van der Waals surface area contributed by atoms with Crippen molar-refractivity contribution in [3.63, 3.8) is 0 Å². The van der Waals surface area contributed by atoms with Crippen molar-refractivity contribution in [2.24, 2.45) is 0 Å². The normalized spacial score (nSPS) is 20.5. The van der Waals surface area contributed by atoms with E-state index in [0.29, 0.717) is 10.4 Å². The molecule has 1 aliphatic rings. The van der Waals surface area contributed by atoms with Gasteiger partial charge in [0.25, 0.3) is 11.8 Å². The highest BCUT2D eigenvalue weighted by atomic mass is 32.1. The number of urea groups is 1. The topological polar surface area (TPSA) is 78.5 Å². The second-order valence-corrected chi connectivity index (χ2v) is 6.35. The Balaban J connectivity index is 1.85. The van der Waals surface area contributed by atoms with Gasteiger partial charge in [0.05, 0.1) is 4.88 Å². The number of amides is 4. The van der Waals surface area contributed by atoms with E-state index in [2.05, 4.69) is 10.7 Å². The fraction of sp³-hybridized carbons (Fsp3) is 0.188. The van der Waals surface area contributed by atoms with Gasteiger partial charge in [0.2, 0.25) is 0 Å². The van der Waals surface area contributed by atoms with Crippen molar-refractivity contribution >= 4 is 29.2 Å². The molecule has 1 aromatic heterocycles. The predicted molar refractivity (Wildman–Crippen MR) is 85.7 cm³/mol. The molecule has 1 unspecified atom stereocenters. The standard InChI is InChI=1S/C16H15N3O3S/c1-10-8-9-23-12(10)13(20)18-19-14(21)16(2,17-15(19)22)11-6-4-3-5-7-11/h3-9H,1-2H3,(H,17,22)(H,18,20). The first kappa shape index (κ1) is 15.2. The predicted octanol–water partition coefficient (Wildman–Crippen LogP) is 2.17. The van der Waals surface area contributed by atoms with E-state index < -0.39 is 23.4 Å². The zero-order valence-corrected chi connectivity index (χ0v) is 13.4. The first-order chi connectivity index (χ1) is 10.9. The Morgan fingerprint density at radius 3 is 2.52 bits per heavy atom. The summed E-state index contributed by atoms with van der Waals surface area (Å²) in [5, 5.41) is 5.16. The molecule has 2 heterocycles. The Morgan fingerprint density at radius 2 is 1.91 bits per heavy atom. The van der Waals surface area contributed by atoms with Gasteiger partial charge >= 0.3 is 6.03 Å². The largest absolute Gasteiger partial charge is 0.344 e. The van der Waals surface area contributed by atoms with E-state index in [1.54, 1.807) is 49.6 Å². The van der Waals surface area contributed by atoms with Crippen LogP contribution >= 0.6 is 11.3 Å². The first-order valence-corrected chi connectivity index (χ1v) is 7.89. The summed E-state index contributed by atoms with van der Waals surface area (Å²) in [6.45, 7) is 3.41. The van der Waals surface area contributed by atoms with Gasteiger partial charge in [-0.25, -0.2) is 4.79 Å². The van der Waals surface area contributed by atoms with Crippen LogP contribution < -0.4 is 10.7 Å². The van der Waals surface area contributed by atoms with E-state index in [1.165, 1.54) is 11.3 Å². The van der Waals surface area contributed by atoms with Gasteiger partial charge in [-0.05, 0) is 36.4 Å². The highest BCUT2D eigenvalue weighted by molar-refractivity contribution is 7.12. The van der Waals surface area contributed by atoms with Crippen molar-refractivity contribution in [1.82, 2.24) is 15.8 Å². The molecule has 118 valence electrons. The van der Waals surface area contributed by atoms with Gasteiger partial charge in [0.1, 0.15) is 5.54 Å². The molecule has 0 aliphatic carbocycles. The lowest BCUT2D eigenvalue weighted by molar-refractivity contribution is -0.132. The van der Waals surface area contributed by atoms with Crippen molar-refractivity contribution in [3.8, 4) is 0 Å². The number of rotatable bonds is 3. The van der Waals surface area contributed by atoms with Crippen LogP contribution in [0.4, 0.5) is 4.79 Å². The third-order valence-corrected chi connectivity index (χ3v) is 4.84. The van der Waals surface area contributed by atoms with Crippen molar-refractivity contribution in [3.05, 3.63) is 57.8 Å². The lowest BCUT2D eigenvalue weighted by Gasteiger charge is -2.22. The number of hydrogen-bond acceptors (Lipinski definition) is 4. The molecule has 3 rings (SSSR count). The highest BCUT2D eigenvalue weighted by Crippen LogP contribution is 2.28. The van der Waals surface area contributed by atoms with E-state index in [9.17, 15) is 14.4 Å². The molecule has 0 radical (unpaired) electrons. The van der Waals surface area contributed by atoms with Crippen LogP contribution in [-0.2, 0) is 10.3 Å². The van der Waals surface area contributed by atoms with Gasteiger partial charge in [0.15, 0.2) is 0 Å². The molecule has 23 heavy (non-hydrogen) atoms. The minimum atomic E-state index is -1.20. The molecule has 2 N–H and O–H groups in total. The van der Waals surface area contributed by atoms with Crippen LogP contribution in [0.15, 0.2) is 41.8 Å². The molecule has 4 amide bonds. The maximum atomic E-state index is 12.7. The van der Waals surface area contributed by atoms with Crippen LogP contribution in [0.2, 0.25) is 0 Å². The third kappa shape index (κ3) is 2.49. The highest BCUT2D eigenvalue weighted by Gasteiger charge is 2.50. The summed E-state index contributed by atoms with van der Waals surface area (Å²) < 4.78 is 0. The molecule has 7 heteroatoms. The molecule has 1 atom stereocenters. The number of imide groups is 1. The Kier molecular flexibility index (Phi) is 3.65. The van der Waals surface area contributed by atoms with E-state index >= 15 is 0 Å². The molecule has 1 aromatic carbocycles. The molecule has 0 saturated carbocycles. The number of aryl methyl sites for hydroxylation is 1. The Morgan fingerprint density at radius 1 is 1.22 bits per heavy atom. The van der Waals surface area contributed by atoms with Gasteiger partial charge in [-0.3, -0.25) is 15.0 Å². The molecular formula is C16H15N3O3S. The zero-order valence-electron chi connectivity index (χ0n) is 12.6. The number of hydrazine groups is 1. The minimum Gasteiger partial charge on any atom is -0.318 e. The summed E-state index contributed by atoms with van der Waals surface area (Å²) in [4.78, 5) is 37.5. The molecule has 0 spiro atoms. The second kappa shape index (κ2) is 5.51. The van der Waals surface area contributed by atoms with Crippen LogP contribution in [0, 0.1) is 6.92 Å². The summed E-state index contributed by atoms with van der Waals surface area (Å²) >= 11 is 1.26. The summed E-state index contributed by atoms with van der Waals surface area (Å²) in [5.41, 5.74) is 2.64. The number of carbonyl (C=O) groups excluding carboxylic acids is 3. The lowest BCUT2D eigenvalue weighted by atomic mass is 9.92. The Bertz CT molecular complexity index is 787. The van der Waals surface area contributed by atoms with Gasteiger partial charge in [-0.2, -0.15) is 5.01 Å². The summed E-state index contributed by atoms with van der Waals surface area (Å²) in [5.74, 6) is -0.991. The Hall–Kier alpha value is -2.67. The van der Waals surface area contributed by atoms with Crippen molar-refractivity contribution in [2.75, 3.05) is 0 Å². The average Bonchev–Trinajstić information content (AvgIpc) is 3.06. The maximum Gasteiger partial charge on any atom is 0.344 e. The quantitative estimate of drug-likeness (QED) is 0.847. The average molecular weight is 329 g/mol. The van der Waals surface area contributed by atoms with Crippen LogP contribution in [0.25, 0.3) is 0 Å². The number of carbonyl (C=O) groups is 3. The van der Waals surface area contributed by atoms with Crippen molar-refractivity contribution in [1.29, 1.82) is 0 Å². The van der Waals surface area contributed by atoms with Gasteiger partial charge in [-0.1, -0.05) is 30.3 Å². The smallest absolute Gasteiger partial charge is 0.318 e. The summed E-state index contributed by atoms with van der Waals surface area (Å²) in [7, 11) is 0.